The van der Waals surface area contributed by atoms with Crippen LogP contribution in [0.3, 0.4) is 0 Å². The highest BCUT2D eigenvalue weighted by molar-refractivity contribution is 5.93. The molecule has 0 aliphatic rings. The Kier molecular flexibility index (Phi) is 4.25. The van der Waals surface area contributed by atoms with Gasteiger partial charge >= 0.3 is 0 Å². The molecule has 2 aromatic rings. The van der Waals surface area contributed by atoms with Crippen LogP contribution in [0.2, 0.25) is 0 Å². The predicted molar refractivity (Wildman–Crippen MR) is 77.0 cm³/mol. The van der Waals surface area contributed by atoms with E-state index in [9.17, 15) is 4.79 Å². The number of hydrogen-bond donors (Lipinski definition) is 1. The summed E-state index contributed by atoms with van der Waals surface area (Å²) in [4.78, 5) is 11.2. The van der Waals surface area contributed by atoms with Crippen molar-refractivity contribution in [2.75, 3.05) is 7.11 Å². The zero-order valence-electron chi connectivity index (χ0n) is 11.6. The SMILES string of the molecule is COc1ccc(C(N)=O)cc1OCc1ccc(C)cc1. The van der Waals surface area contributed by atoms with Gasteiger partial charge < -0.3 is 15.2 Å². The highest BCUT2D eigenvalue weighted by atomic mass is 16.5. The van der Waals surface area contributed by atoms with Crippen LogP contribution in [-0.4, -0.2) is 13.0 Å². The summed E-state index contributed by atoms with van der Waals surface area (Å²) in [5, 5.41) is 0. The molecule has 0 aliphatic carbocycles. The van der Waals surface area contributed by atoms with Gasteiger partial charge in [0.25, 0.3) is 0 Å². The van der Waals surface area contributed by atoms with Gasteiger partial charge in [-0.3, -0.25) is 4.79 Å². The molecule has 20 heavy (non-hydrogen) atoms. The number of rotatable bonds is 5. The summed E-state index contributed by atoms with van der Waals surface area (Å²) in [6.07, 6.45) is 0. The Hall–Kier alpha value is -2.49. The van der Waals surface area contributed by atoms with Crippen LogP contribution in [0.1, 0.15) is 21.5 Å². The summed E-state index contributed by atoms with van der Waals surface area (Å²) in [5.74, 6) is 0.583. The van der Waals surface area contributed by atoms with Gasteiger partial charge in [0.2, 0.25) is 5.91 Å². The van der Waals surface area contributed by atoms with E-state index >= 15 is 0 Å². The highest BCUT2D eigenvalue weighted by Crippen LogP contribution is 2.28. The summed E-state index contributed by atoms with van der Waals surface area (Å²) < 4.78 is 10.9. The van der Waals surface area contributed by atoms with E-state index in [1.165, 1.54) is 5.56 Å². The molecule has 0 aliphatic heterocycles. The van der Waals surface area contributed by atoms with Gasteiger partial charge in [-0.15, -0.1) is 0 Å². The first-order valence-electron chi connectivity index (χ1n) is 6.26. The van der Waals surface area contributed by atoms with Gasteiger partial charge in [0, 0.05) is 5.56 Å². The number of amides is 1. The second-order valence-electron chi connectivity index (χ2n) is 4.50. The van der Waals surface area contributed by atoms with Crippen LogP contribution in [-0.2, 0) is 6.61 Å². The van der Waals surface area contributed by atoms with E-state index in [4.69, 9.17) is 15.2 Å². The van der Waals surface area contributed by atoms with Crippen LogP contribution in [0.25, 0.3) is 0 Å². The maximum absolute atomic E-state index is 11.2. The van der Waals surface area contributed by atoms with Crippen LogP contribution in [0.4, 0.5) is 0 Å². The van der Waals surface area contributed by atoms with Crippen molar-refractivity contribution in [3.63, 3.8) is 0 Å². The zero-order valence-corrected chi connectivity index (χ0v) is 11.6. The third kappa shape index (κ3) is 3.29. The molecular weight excluding hydrogens is 254 g/mol. The Morgan fingerprint density at radius 1 is 1.10 bits per heavy atom. The first-order chi connectivity index (χ1) is 9.60. The van der Waals surface area contributed by atoms with Crippen LogP contribution in [0.15, 0.2) is 42.5 Å². The highest BCUT2D eigenvalue weighted by Gasteiger charge is 2.09. The minimum atomic E-state index is -0.493. The van der Waals surface area contributed by atoms with Crippen molar-refractivity contribution in [1.29, 1.82) is 0 Å². The fourth-order valence-electron chi connectivity index (χ4n) is 1.79. The van der Waals surface area contributed by atoms with E-state index in [1.807, 2.05) is 31.2 Å². The molecule has 0 fully saturated rings. The van der Waals surface area contributed by atoms with E-state index in [1.54, 1.807) is 25.3 Å². The monoisotopic (exact) mass is 271 g/mol. The number of methoxy groups -OCH3 is 1. The first kappa shape index (κ1) is 13.9. The van der Waals surface area contributed by atoms with Crippen molar-refractivity contribution in [3.05, 3.63) is 59.2 Å². The lowest BCUT2D eigenvalue weighted by Gasteiger charge is -2.11. The van der Waals surface area contributed by atoms with Gasteiger partial charge in [0.1, 0.15) is 6.61 Å². The molecular formula is C16H17NO3. The largest absolute Gasteiger partial charge is 0.493 e. The van der Waals surface area contributed by atoms with Crippen molar-refractivity contribution in [2.24, 2.45) is 5.73 Å². The van der Waals surface area contributed by atoms with Crippen LogP contribution in [0, 0.1) is 6.92 Å². The molecule has 0 atom stereocenters. The van der Waals surface area contributed by atoms with Crippen molar-refractivity contribution < 1.29 is 14.3 Å². The minimum absolute atomic E-state index is 0.393. The molecule has 0 radical (unpaired) electrons. The van der Waals surface area contributed by atoms with E-state index in [0.717, 1.165) is 5.56 Å². The number of aryl methyl sites for hydroxylation is 1. The number of hydrogen-bond acceptors (Lipinski definition) is 3. The fraction of sp³-hybridized carbons (Fsp3) is 0.188. The summed E-state index contributed by atoms with van der Waals surface area (Å²) >= 11 is 0. The third-order valence-corrected chi connectivity index (χ3v) is 2.96. The lowest BCUT2D eigenvalue weighted by molar-refractivity contribution is 0.0999. The average molecular weight is 271 g/mol. The summed E-state index contributed by atoms with van der Waals surface area (Å²) in [6.45, 7) is 2.43. The number of ether oxygens (including phenoxy) is 2. The molecule has 1 amide bonds. The molecule has 0 spiro atoms. The Morgan fingerprint density at radius 3 is 2.40 bits per heavy atom. The second kappa shape index (κ2) is 6.10. The number of primary amides is 1. The van der Waals surface area contributed by atoms with Gasteiger partial charge in [-0.25, -0.2) is 0 Å². The van der Waals surface area contributed by atoms with Crippen molar-refractivity contribution >= 4 is 5.91 Å². The molecule has 2 aromatic carbocycles. The van der Waals surface area contributed by atoms with Crippen LogP contribution >= 0.6 is 0 Å². The second-order valence-corrected chi connectivity index (χ2v) is 4.50. The van der Waals surface area contributed by atoms with E-state index in [-0.39, 0.29) is 0 Å². The molecule has 4 heteroatoms. The van der Waals surface area contributed by atoms with Gasteiger partial charge in [-0.2, -0.15) is 0 Å². The summed E-state index contributed by atoms with van der Waals surface area (Å²) in [6, 6.07) is 12.9. The number of carbonyl (C=O) groups excluding carboxylic acids is 1. The number of benzene rings is 2. The smallest absolute Gasteiger partial charge is 0.248 e. The standard InChI is InChI=1S/C16H17NO3/c1-11-3-5-12(6-4-11)10-20-15-9-13(16(17)18)7-8-14(15)19-2/h3-9H,10H2,1-2H3,(H2,17,18). The molecule has 0 saturated heterocycles. The molecule has 4 nitrogen and oxygen atoms in total. The lowest BCUT2D eigenvalue weighted by atomic mass is 10.1. The van der Waals surface area contributed by atoms with Crippen molar-refractivity contribution in [1.82, 2.24) is 0 Å². The molecule has 0 bridgehead atoms. The van der Waals surface area contributed by atoms with Crippen LogP contribution < -0.4 is 15.2 Å². The molecule has 2 rings (SSSR count). The zero-order chi connectivity index (χ0) is 14.5. The maximum Gasteiger partial charge on any atom is 0.248 e. The third-order valence-electron chi connectivity index (χ3n) is 2.96. The molecule has 0 aromatic heterocycles. The van der Waals surface area contributed by atoms with Gasteiger partial charge in [0.15, 0.2) is 11.5 Å². The Morgan fingerprint density at radius 2 is 1.80 bits per heavy atom. The minimum Gasteiger partial charge on any atom is -0.493 e. The first-order valence-corrected chi connectivity index (χ1v) is 6.26. The normalized spacial score (nSPS) is 10.1. The van der Waals surface area contributed by atoms with E-state index in [2.05, 4.69) is 0 Å². The molecule has 0 unspecified atom stereocenters. The Balaban J connectivity index is 2.16. The topological polar surface area (TPSA) is 61.5 Å². The van der Waals surface area contributed by atoms with E-state index < -0.39 is 5.91 Å². The molecule has 2 N–H and O–H groups in total. The Labute approximate surface area is 118 Å². The van der Waals surface area contributed by atoms with Gasteiger partial charge in [-0.05, 0) is 30.7 Å². The van der Waals surface area contributed by atoms with Crippen LogP contribution in [0.5, 0.6) is 11.5 Å². The van der Waals surface area contributed by atoms with Gasteiger partial charge in [0.05, 0.1) is 7.11 Å². The van der Waals surface area contributed by atoms with Crippen molar-refractivity contribution in [2.45, 2.75) is 13.5 Å². The Bertz CT molecular complexity index is 606. The molecule has 0 heterocycles. The predicted octanol–water partition coefficient (Wildman–Crippen LogP) is 2.68. The summed E-state index contributed by atoms with van der Waals surface area (Å²) in [5.41, 5.74) is 7.90. The lowest BCUT2D eigenvalue weighted by Crippen LogP contribution is -2.11. The quantitative estimate of drug-likeness (QED) is 0.909. The van der Waals surface area contributed by atoms with Gasteiger partial charge in [-0.1, -0.05) is 29.8 Å². The number of nitrogens with two attached hydrogens (primary N) is 1. The average Bonchev–Trinajstić information content (AvgIpc) is 2.46. The molecule has 104 valence electrons. The maximum atomic E-state index is 11.2. The van der Waals surface area contributed by atoms with Crippen molar-refractivity contribution in [3.8, 4) is 11.5 Å². The van der Waals surface area contributed by atoms with E-state index in [0.29, 0.717) is 23.7 Å². The fourth-order valence-corrected chi connectivity index (χ4v) is 1.79. The summed E-state index contributed by atoms with van der Waals surface area (Å²) in [7, 11) is 1.55. The number of carbonyl (C=O) groups is 1. The molecule has 0 saturated carbocycles.